The van der Waals surface area contributed by atoms with Gasteiger partial charge in [-0.15, -0.1) is 22.7 Å². The molecule has 2 aromatic carbocycles. The van der Waals surface area contributed by atoms with Crippen molar-refractivity contribution in [1.29, 1.82) is 0 Å². The summed E-state index contributed by atoms with van der Waals surface area (Å²) < 4.78 is 50.2. The molecule has 6 aromatic heterocycles. The second-order valence-corrected chi connectivity index (χ2v) is 21.2. The number of anilines is 2. The molecule has 390 valence electrons. The number of nitrogens with zero attached hydrogens (tertiary/aromatic N) is 6. The standard InChI is InChI=1S/C27H29FN4O3S.C21H24ClN3O3S.C6H6FNO/c1-5-12-32(26(33)35-27(2,3)4)16-17-6-8-20(31-15-17)24-14-21-25(36-24)23(10-11-30-21)34-22-9-7-18(29)13-19(22)28;1-21(2,3)28-20(26)25(9-10-27-4)13-14-5-6-16(24-12-14)18-11-17-19(29-18)15(22)7-8-23-17;7-5-3-4(8)1-2-6(5)9/h6-11,13-15H,5,12,16,29H2,1-4H3;5-8,11-12H,9-10,13H2,1-4H3;1-3,9H,8H2. The number of aromatic hydroxyl groups is 1. The first-order chi connectivity index (χ1) is 35.1. The third-order valence-corrected chi connectivity index (χ3v) is 12.9. The number of rotatable bonds is 13. The maximum atomic E-state index is 14.3. The van der Waals surface area contributed by atoms with Gasteiger partial charge in [0.1, 0.15) is 17.0 Å². The normalized spacial score (nSPS) is 11.3. The number of aromatic nitrogens is 4. The van der Waals surface area contributed by atoms with Crippen LogP contribution in [0.1, 0.15) is 66.0 Å². The van der Waals surface area contributed by atoms with Gasteiger partial charge in [-0.2, -0.15) is 0 Å². The number of amides is 2. The first kappa shape index (κ1) is 56.1. The number of fused-ring (bicyclic) bond motifs is 2. The summed E-state index contributed by atoms with van der Waals surface area (Å²) in [5, 5.41) is 9.30. The van der Waals surface area contributed by atoms with Crippen LogP contribution in [0.4, 0.5) is 29.7 Å². The molecule has 0 atom stereocenters. The SMILES string of the molecule is CCCN(Cc1ccc(-c2cc3nccc(Oc4ccc(N)cc4F)c3s2)nc1)C(=O)OC(C)(C)C.COCCN(Cc1ccc(-c2cc3nccc(Cl)c3s2)nc1)C(=O)OC(C)(C)C.Nc1ccc(O)c(F)c1. The van der Waals surface area contributed by atoms with Crippen LogP contribution >= 0.6 is 34.3 Å². The van der Waals surface area contributed by atoms with Crippen LogP contribution in [0.3, 0.4) is 0 Å². The van der Waals surface area contributed by atoms with E-state index in [1.165, 1.54) is 35.6 Å². The lowest BCUT2D eigenvalue weighted by Crippen LogP contribution is -2.38. The Morgan fingerprint density at radius 1 is 0.662 bits per heavy atom. The van der Waals surface area contributed by atoms with Gasteiger partial charge < -0.3 is 45.3 Å². The Labute approximate surface area is 441 Å². The smallest absolute Gasteiger partial charge is 0.410 e. The summed E-state index contributed by atoms with van der Waals surface area (Å²) in [6.45, 7) is 15.4. The quantitative estimate of drug-likeness (QED) is 0.0728. The molecular formula is C54H59ClF2N8O7S2. The van der Waals surface area contributed by atoms with Gasteiger partial charge >= 0.3 is 12.2 Å². The number of nitrogen functional groups attached to an aromatic ring is 2. The highest BCUT2D eigenvalue weighted by Crippen LogP contribution is 2.40. The van der Waals surface area contributed by atoms with Crippen molar-refractivity contribution in [2.45, 2.75) is 79.2 Å². The Kier molecular flexibility index (Phi) is 19.1. The zero-order chi connectivity index (χ0) is 53.7. The van der Waals surface area contributed by atoms with Crippen molar-refractivity contribution in [2.24, 2.45) is 0 Å². The molecule has 6 heterocycles. The van der Waals surface area contributed by atoms with Gasteiger partial charge in [-0.05, 0) is 114 Å². The number of ether oxygens (including phenoxy) is 4. The van der Waals surface area contributed by atoms with Crippen LogP contribution < -0.4 is 16.2 Å². The third-order valence-electron chi connectivity index (χ3n) is 10.2. The van der Waals surface area contributed by atoms with Crippen LogP contribution in [0.5, 0.6) is 17.2 Å². The number of pyridine rings is 4. The summed E-state index contributed by atoms with van der Waals surface area (Å²) >= 11 is 9.27. The Morgan fingerprint density at radius 3 is 1.65 bits per heavy atom. The first-order valence-corrected chi connectivity index (χ1v) is 25.4. The van der Waals surface area contributed by atoms with Crippen molar-refractivity contribution >= 4 is 78.3 Å². The Morgan fingerprint density at radius 2 is 1.18 bits per heavy atom. The number of carbonyl (C=O) groups is 2. The number of methoxy groups -OCH3 is 1. The van der Waals surface area contributed by atoms with E-state index in [0.717, 1.165) is 65.2 Å². The van der Waals surface area contributed by atoms with E-state index in [4.69, 9.17) is 47.1 Å². The molecule has 2 amide bonds. The summed E-state index contributed by atoms with van der Waals surface area (Å²) in [6, 6.07) is 23.2. The molecule has 0 spiro atoms. The lowest BCUT2D eigenvalue weighted by Gasteiger charge is -2.27. The summed E-state index contributed by atoms with van der Waals surface area (Å²) in [5.41, 5.74) is 15.4. The summed E-state index contributed by atoms with van der Waals surface area (Å²) in [5.74, 6) is -0.989. The number of phenolic OH excluding ortho intramolecular Hbond substituents is 1. The molecule has 74 heavy (non-hydrogen) atoms. The second-order valence-electron chi connectivity index (χ2n) is 18.7. The summed E-state index contributed by atoms with van der Waals surface area (Å²) in [4.78, 5) is 48.2. The molecule has 0 aliphatic carbocycles. The van der Waals surface area contributed by atoms with Crippen LogP contribution in [0, 0.1) is 11.6 Å². The maximum Gasteiger partial charge on any atom is 0.410 e. The van der Waals surface area contributed by atoms with E-state index >= 15 is 0 Å². The molecule has 0 radical (unpaired) electrons. The largest absolute Gasteiger partial charge is 0.505 e. The van der Waals surface area contributed by atoms with Crippen LogP contribution in [0.15, 0.2) is 110 Å². The summed E-state index contributed by atoms with van der Waals surface area (Å²) in [7, 11) is 1.61. The van der Waals surface area contributed by atoms with E-state index in [2.05, 4.69) is 19.9 Å². The molecule has 8 rings (SSSR count). The van der Waals surface area contributed by atoms with Gasteiger partial charge in [0.15, 0.2) is 23.1 Å². The van der Waals surface area contributed by atoms with Gasteiger partial charge in [0.05, 0.1) is 66.3 Å². The fourth-order valence-corrected chi connectivity index (χ4v) is 9.07. The molecule has 0 fully saturated rings. The van der Waals surface area contributed by atoms with Crippen LogP contribution in [0.2, 0.25) is 5.02 Å². The van der Waals surface area contributed by atoms with Crippen molar-refractivity contribution < 1.29 is 42.4 Å². The highest BCUT2D eigenvalue weighted by Gasteiger charge is 2.24. The Bertz CT molecular complexity index is 3170. The number of nitrogens with two attached hydrogens (primary N) is 2. The number of benzene rings is 2. The van der Waals surface area contributed by atoms with Gasteiger partial charge in [-0.3, -0.25) is 19.9 Å². The van der Waals surface area contributed by atoms with Crippen molar-refractivity contribution in [2.75, 3.05) is 38.3 Å². The first-order valence-electron chi connectivity index (χ1n) is 23.3. The highest BCUT2D eigenvalue weighted by molar-refractivity contribution is 7.23. The fraction of sp³-hybridized carbons (Fsp3) is 0.296. The van der Waals surface area contributed by atoms with E-state index in [0.29, 0.717) is 54.9 Å². The molecule has 20 heteroatoms. The average Bonchev–Trinajstić information content (AvgIpc) is 3.99. The van der Waals surface area contributed by atoms with E-state index in [1.807, 2.05) is 84.9 Å². The van der Waals surface area contributed by atoms with Crippen LogP contribution in [-0.2, 0) is 27.3 Å². The van der Waals surface area contributed by atoms with E-state index in [1.54, 1.807) is 71.2 Å². The summed E-state index contributed by atoms with van der Waals surface area (Å²) in [6.07, 6.45) is 6.98. The highest BCUT2D eigenvalue weighted by atomic mass is 35.5. The number of halogens is 3. The van der Waals surface area contributed by atoms with E-state index in [-0.39, 0.29) is 23.7 Å². The van der Waals surface area contributed by atoms with Gasteiger partial charge in [0, 0.05) is 74.6 Å². The third kappa shape index (κ3) is 16.2. The number of hydrogen-bond acceptors (Lipinski definition) is 15. The number of phenols is 1. The predicted octanol–water partition coefficient (Wildman–Crippen LogP) is 13.5. The second kappa shape index (κ2) is 25.2. The molecular weight excluding hydrogens is 1010 g/mol. The molecule has 0 aliphatic rings. The van der Waals surface area contributed by atoms with Crippen LogP contribution in [0.25, 0.3) is 41.6 Å². The monoisotopic (exact) mass is 1070 g/mol. The topological polar surface area (TPSA) is 201 Å². The molecule has 0 unspecified atom stereocenters. The molecule has 15 nitrogen and oxygen atoms in total. The minimum absolute atomic E-state index is 0.0933. The number of carbonyl (C=O) groups excluding carboxylic acids is 2. The molecule has 0 bridgehead atoms. The maximum absolute atomic E-state index is 14.3. The van der Waals surface area contributed by atoms with E-state index in [9.17, 15) is 18.4 Å². The zero-order valence-electron chi connectivity index (χ0n) is 42.3. The molecule has 0 aliphatic heterocycles. The number of hydrogen-bond donors (Lipinski definition) is 3. The van der Waals surface area contributed by atoms with Crippen molar-refractivity contribution in [1.82, 2.24) is 29.7 Å². The lowest BCUT2D eigenvalue weighted by atomic mass is 10.2. The van der Waals surface area contributed by atoms with Crippen molar-refractivity contribution in [3.63, 3.8) is 0 Å². The Hall–Kier alpha value is -7.19. The van der Waals surface area contributed by atoms with Gasteiger partial charge in [0.2, 0.25) is 0 Å². The molecule has 5 N–H and O–H groups in total. The van der Waals surface area contributed by atoms with Crippen molar-refractivity contribution in [3.05, 3.63) is 138 Å². The minimum atomic E-state index is -0.685. The molecule has 0 saturated heterocycles. The van der Waals surface area contributed by atoms with Crippen molar-refractivity contribution in [3.8, 4) is 38.4 Å². The van der Waals surface area contributed by atoms with E-state index < -0.39 is 22.8 Å². The van der Waals surface area contributed by atoms with Gasteiger partial charge in [0.25, 0.3) is 0 Å². The molecule has 0 saturated carbocycles. The number of thiophene rings is 2. The molecule has 8 aromatic rings. The predicted molar refractivity (Wildman–Crippen MR) is 290 cm³/mol. The van der Waals surface area contributed by atoms with Gasteiger partial charge in [-0.1, -0.05) is 30.7 Å². The average molecular weight is 1070 g/mol. The zero-order valence-corrected chi connectivity index (χ0v) is 44.7. The van der Waals surface area contributed by atoms with Crippen LogP contribution in [-0.4, -0.2) is 85.0 Å². The lowest BCUT2D eigenvalue weighted by molar-refractivity contribution is 0.0182. The Balaban J connectivity index is 0.000000209. The van der Waals surface area contributed by atoms with Gasteiger partial charge in [-0.25, -0.2) is 18.4 Å². The minimum Gasteiger partial charge on any atom is -0.505 e. The fourth-order valence-electron chi connectivity index (χ4n) is 6.76.